The Morgan fingerprint density at radius 1 is 0.786 bits per heavy atom. The fraction of sp³-hybridized carbons (Fsp3) is 0.786. The van der Waals surface area contributed by atoms with Crippen molar-refractivity contribution < 1.29 is 0 Å². The molecule has 0 N–H and O–H groups in total. The number of rotatable bonds is 9. The highest BCUT2D eigenvalue weighted by molar-refractivity contribution is 5.26. The van der Waals surface area contributed by atoms with Crippen LogP contribution in [0.25, 0.3) is 0 Å². The highest BCUT2D eigenvalue weighted by atomic mass is 14.3. The summed E-state index contributed by atoms with van der Waals surface area (Å²) in [5.41, 5.74) is 3.79. The first-order chi connectivity index (χ1) is 13.6. The Hall–Kier alpha value is -0.780. The van der Waals surface area contributed by atoms with Gasteiger partial charge in [-0.2, -0.15) is 0 Å². The lowest BCUT2D eigenvalue weighted by atomic mass is 9.69. The molecule has 0 saturated heterocycles. The van der Waals surface area contributed by atoms with Crippen molar-refractivity contribution in [3.05, 3.63) is 35.4 Å². The Labute approximate surface area is 175 Å². The standard InChI is InChI=1S/C28H46/c1-4-6-7-8-23-9-11-24(12-10-23)13-14-25-15-17-26(18-16-25)27-19-21-28(3,5-2)22-20-27/h15-18,23-24,27H,4-14,19-22H2,1-3H3. The first kappa shape index (κ1) is 21.9. The van der Waals surface area contributed by atoms with Crippen molar-refractivity contribution in [3.8, 4) is 0 Å². The van der Waals surface area contributed by atoms with Gasteiger partial charge in [0.25, 0.3) is 0 Å². The molecule has 2 aliphatic rings. The van der Waals surface area contributed by atoms with Crippen LogP contribution < -0.4 is 0 Å². The van der Waals surface area contributed by atoms with Crippen molar-refractivity contribution in [3.63, 3.8) is 0 Å². The summed E-state index contributed by atoms with van der Waals surface area (Å²) in [4.78, 5) is 0. The maximum absolute atomic E-state index is 2.49. The van der Waals surface area contributed by atoms with Gasteiger partial charge >= 0.3 is 0 Å². The number of hydrogen-bond acceptors (Lipinski definition) is 0. The van der Waals surface area contributed by atoms with E-state index in [2.05, 4.69) is 45.0 Å². The SMILES string of the molecule is CCCCCC1CCC(CCc2ccc(C3CCC(C)(CC)CC3)cc2)CC1. The molecule has 0 aliphatic heterocycles. The van der Waals surface area contributed by atoms with Crippen LogP contribution in [0.15, 0.2) is 24.3 Å². The van der Waals surface area contributed by atoms with Crippen LogP contribution in [0.1, 0.15) is 128 Å². The maximum Gasteiger partial charge on any atom is -0.0162 e. The highest BCUT2D eigenvalue weighted by Crippen LogP contribution is 2.44. The Morgan fingerprint density at radius 3 is 1.96 bits per heavy atom. The third kappa shape index (κ3) is 6.36. The van der Waals surface area contributed by atoms with E-state index in [1.165, 1.54) is 96.3 Å². The molecule has 2 saturated carbocycles. The normalized spacial score (nSPS) is 31.0. The minimum Gasteiger partial charge on any atom is -0.0654 e. The first-order valence-electron chi connectivity index (χ1n) is 12.7. The van der Waals surface area contributed by atoms with Crippen molar-refractivity contribution in [2.24, 2.45) is 17.3 Å². The molecular weight excluding hydrogens is 336 g/mol. The van der Waals surface area contributed by atoms with Gasteiger partial charge in [0.2, 0.25) is 0 Å². The third-order valence-electron chi connectivity index (χ3n) is 8.52. The molecule has 0 amide bonds. The van der Waals surface area contributed by atoms with E-state index >= 15 is 0 Å². The molecule has 0 heterocycles. The van der Waals surface area contributed by atoms with Crippen LogP contribution in [0.2, 0.25) is 0 Å². The Morgan fingerprint density at radius 2 is 1.39 bits per heavy atom. The van der Waals surface area contributed by atoms with Crippen molar-refractivity contribution in [2.75, 3.05) is 0 Å². The average Bonchev–Trinajstić information content (AvgIpc) is 2.74. The zero-order chi connectivity index (χ0) is 19.8. The molecular formula is C28H46. The largest absolute Gasteiger partial charge is 0.0654 e. The van der Waals surface area contributed by atoms with Crippen molar-refractivity contribution in [2.45, 2.75) is 123 Å². The average molecular weight is 383 g/mol. The van der Waals surface area contributed by atoms with E-state index in [1.54, 1.807) is 11.1 Å². The van der Waals surface area contributed by atoms with Crippen molar-refractivity contribution in [1.82, 2.24) is 0 Å². The molecule has 1 aromatic carbocycles. The highest BCUT2D eigenvalue weighted by Gasteiger charge is 2.30. The Balaban J connectivity index is 1.37. The first-order valence-corrected chi connectivity index (χ1v) is 12.7. The van der Waals surface area contributed by atoms with Gasteiger partial charge in [-0.3, -0.25) is 0 Å². The van der Waals surface area contributed by atoms with Gasteiger partial charge in [-0.05, 0) is 72.8 Å². The van der Waals surface area contributed by atoms with Gasteiger partial charge in [-0.25, -0.2) is 0 Å². The molecule has 0 aromatic heterocycles. The summed E-state index contributed by atoms with van der Waals surface area (Å²) in [6, 6.07) is 9.80. The number of hydrogen-bond donors (Lipinski definition) is 0. The lowest BCUT2D eigenvalue weighted by Crippen LogP contribution is -2.22. The predicted molar refractivity (Wildman–Crippen MR) is 124 cm³/mol. The predicted octanol–water partition coefficient (Wildman–Crippen LogP) is 9.08. The van der Waals surface area contributed by atoms with Gasteiger partial charge in [0, 0.05) is 0 Å². The minimum absolute atomic E-state index is 0.617. The fourth-order valence-corrected chi connectivity index (χ4v) is 5.82. The van der Waals surface area contributed by atoms with Gasteiger partial charge in [-0.1, -0.05) is 103 Å². The zero-order valence-corrected chi connectivity index (χ0v) is 19.1. The topological polar surface area (TPSA) is 0 Å². The zero-order valence-electron chi connectivity index (χ0n) is 19.1. The molecule has 158 valence electrons. The van der Waals surface area contributed by atoms with Crippen molar-refractivity contribution in [1.29, 1.82) is 0 Å². The van der Waals surface area contributed by atoms with Crippen LogP contribution >= 0.6 is 0 Å². The van der Waals surface area contributed by atoms with Gasteiger partial charge < -0.3 is 0 Å². The quantitative estimate of drug-likeness (QED) is 0.373. The number of aryl methyl sites for hydroxylation is 1. The van der Waals surface area contributed by atoms with E-state index in [-0.39, 0.29) is 0 Å². The van der Waals surface area contributed by atoms with E-state index in [0.717, 1.165) is 17.8 Å². The molecule has 1 aromatic rings. The second-order valence-electron chi connectivity index (χ2n) is 10.6. The molecule has 2 aliphatic carbocycles. The van der Waals surface area contributed by atoms with Gasteiger partial charge in [0.1, 0.15) is 0 Å². The summed E-state index contributed by atoms with van der Waals surface area (Å²) in [5, 5.41) is 0. The van der Waals surface area contributed by atoms with E-state index in [0.29, 0.717) is 5.41 Å². The number of benzene rings is 1. The minimum atomic E-state index is 0.617. The molecule has 0 nitrogen and oxygen atoms in total. The summed E-state index contributed by atoms with van der Waals surface area (Å²) in [7, 11) is 0. The van der Waals surface area contributed by atoms with E-state index in [9.17, 15) is 0 Å². The van der Waals surface area contributed by atoms with Gasteiger partial charge in [-0.15, -0.1) is 0 Å². The van der Waals surface area contributed by atoms with E-state index in [1.807, 2.05) is 0 Å². The molecule has 0 heteroatoms. The molecule has 0 unspecified atom stereocenters. The van der Waals surface area contributed by atoms with E-state index < -0.39 is 0 Å². The monoisotopic (exact) mass is 382 g/mol. The molecule has 3 rings (SSSR count). The summed E-state index contributed by atoms with van der Waals surface area (Å²) in [6.07, 6.45) is 21.4. The molecule has 0 atom stereocenters. The second-order valence-corrected chi connectivity index (χ2v) is 10.6. The molecule has 0 bridgehead atoms. The number of unbranched alkanes of at least 4 members (excludes halogenated alkanes) is 2. The molecule has 28 heavy (non-hydrogen) atoms. The maximum atomic E-state index is 2.49. The lowest BCUT2D eigenvalue weighted by Gasteiger charge is -2.37. The molecule has 2 fully saturated rings. The summed E-state index contributed by atoms with van der Waals surface area (Å²) >= 11 is 0. The third-order valence-corrected chi connectivity index (χ3v) is 8.52. The van der Waals surface area contributed by atoms with Crippen LogP contribution in [-0.2, 0) is 6.42 Å². The van der Waals surface area contributed by atoms with Crippen LogP contribution in [0, 0.1) is 17.3 Å². The van der Waals surface area contributed by atoms with Crippen LogP contribution in [-0.4, -0.2) is 0 Å². The Kier molecular flexibility index (Phi) is 8.49. The van der Waals surface area contributed by atoms with Crippen LogP contribution in [0.3, 0.4) is 0 Å². The summed E-state index contributed by atoms with van der Waals surface area (Å²) in [5.74, 6) is 2.86. The van der Waals surface area contributed by atoms with Crippen LogP contribution in [0.5, 0.6) is 0 Å². The smallest absolute Gasteiger partial charge is 0.0162 e. The van der Waals surface area contributed by atoms with Gasteiger partial charge in [0.05, 0.1) is 0 Å². The lowest BCUT2D eigenvalue weighted by molar-refractivity contribution is 0.191. The summed E-state index contributed by atoms with van der Waals surface area (Å²) in [6.45, 7) is 7.18. The second kappa shape index (κ2) is 10.8. The van der Waals surface area contributed by atoms with Gasteiger partial charge in [0.15, 0.2) is 0 Å². The molecule has 0 radical (unpaired) electrons. The Bertz CT molecular complexity index is 538. The van der Waals surface area contributed by atoms with E-state index in [4.69, 9.17) is 0 Å². The van der Waals surface area contributed by atoms with Crippen molar-refractivity contribution >= 4 is 0 Å². The molecule has 0 spiro atoms. The van der Waals surface area contributed by atoms with Crippen LogP contribution in [0.4, 0.5) is 0 Å². The summed E-state index contributed by atoms with van der Waals surface area (Å²) < 4.78 is 0. The fourth-order valence-electron chi connectivity index (χ4n) is 5.82.